The van der Waals surface area contributed by atoms with Gasteiger partial charge in [0, 0.05) is 11.1 Å². The van der Waals surface area contributed by atoms with E-state index in [4.69, 9.17) is 14.4 Å². The van der Waals surface area contributed by atoms with Crippen LogP contribution in [-0.4, -0.2) is 12.9 Å². The van der Waals surface area contributed by atoms with Crippen LogP contribution in [0.1, 0.15) is 27.0 Å². The van der Waals surface area contributed by atoms with Crippen LogP contribution in [0.25, 0.3) is 22.3 Å². The van der Waals surface area contributed by atoms with Gasteiger partial charge in [0.05, 0.1) is 24.1 Å². The van der Waals surface area contributed by atoms with Crippen molar-refractivity contribution in [2.45, 2.75) is 6.92 Å². The van der Waals surface area contributed by atoms with Crippen LogP contribution in [0, 0.1) is 18.3 Å². The Morgan fingerprint density at radius 1 is 1.00 bits per heavy atom. The summed E-state index contributed by atoms with van der Waals surface area (Å²) in [7, 11) is 1.56. The summed E-state index contributed by atoms with van der Waals surface area (Å²) in [6.07, 6.45) is 0. The van der Waals surface area contributed by atoms with Gasteiger partial charge in [-0.25, -0.2) is 0 Å². The van der Waals surface area contributed by atoms with Crippen molar-refractivity contribution < 1.29 is 13.9 Å². The third-order valence-electron chi connectivity index (χ3n) is 4.90. The van der Waals surface area contributed by atoms with Crippen molar-refractivity contribution in [3.63, 3.8) is 0 Å². The molecule has 5 nitrogen and oxygen atoms in total. The summed E-state index contributed by atoms with van der Waals surface area (Å²) in [6, 6.07) is 20.4. The first-order valence-electron chi connectivity index (χ1n) is 9.28. The summed E-state index contributed by atoms with van der Waals surface area (Å²) >= 11 is 0. The van der Waals surface area contributed by atoms with Crippen molar-refractivity contribution in [3.8, 4) is 23.1 Å². The number of fused-ring (bicyclic) bond motifs is 1. The summed E-state index contributed by atoms with van der Waals surface area (Å²) in [5, 5.41) is 9.34. The molecule has 0 atom stereocenters. The molecule has 0 N–H and O–H groups in total. The number of ketones is 1. The highest BCUT2D eigenvalue weighted by molar-refractivity contribution is 6.13. The Bertz CT molecular complexity index is 1360. The maximum absolute atomic E-state index is 13.3. The van der Waals surface area contributed by atoms with E-state index in [1.807, 2.05) is 19.1 Å². The van der Waals surface area contributed by atoms with Gasteiger partial charge in [-0.3, -0.25) is 9.59 Å². The normalized spacial score (nSPS) is 10.6. The van der Waals surface area contributed by atoms with E-state index in [9.17, 15) is 9.59 Å². The van der Waals surface area contributed by atoms with Crippen molar-refractivity contribution in [2.24, 2.45) is 0 Å². The highest BCUT2D eigenvalue weighted by Gasteiger charge is 2.23. The van der Waals surface area contributed by atoms with Crippen LogP contribution in [0.15, 0.2) is 75.9 Å². The van der Waals surface area contributed by atoms with E-state index < -0.39 is 11.2 Å². The molecular weight excluding hydrogens is 378 g/mol. The summed E-state index contributed by atoms with van der Waals surface area (Å²) < 4.78 is 11.3. The van der Waals surface area contributed by atoms with Crippen LogP contribution >= 0.6 is 0 Å². The Hall–Kier alpha value is -4.17. The maximum atomic E-state index is 13.3. The van der Waals surface area contributed by atoms with Crippen molar-refractivity contribution in [3.05, 3.63) is 99.2 Å². The number of ether oxygens (including phenoxy) is 1. The molecule has 0 radical (unpaired) electrons. The second kappa shape index (κ2) is 7.69. The second-order valence-electron chi connectivity index (χ2n) is 6.88. The van der Waals surface area contributed by atoms with Crippen LogP contribution in [0.5, 0.6) is 5.75 Å². The van der Waals surface area contributed by atoms with E-state index >= 15 is 0 Å². The lowest BCUT2D eigenvalue weighted by molar-refractivity contribution is 0.103. The lowest BCUT2D eigenvalue weighted by Crippen LogP contribution is -2.18. The molecule has 0 saturated heterocycles. The molecule has 0 unspecified atom stereocenters. The smallest absolute Gasteiger partial charge is 0.204 e. The first kappa shape index (κ1) is 19.2. The number of hydrogen-bond donors (Lipinski definition) is 0. The van der Waals surface area contributed by atoms with Gasteiger partial charge in [0.2, 0.25) is 11.2 Å². The van der Waals surface area contributed by atoms with Crippen LogP contribution in [0.3, 0.4) is 0 Å². The summed E-state index contributed by atoms with van der Waals surface area (Å²) in [4.78, 5) is 26.7. The predicted octanol–water partition coefficient (Wildman–Crippen LogP) is 4.88. The summed E-state index contributed by atoms with van der Waals surface area (Å²) in [6.45, 7) is 1.91. The fourth-order valence-electron chi connectivity index (χ4n) is 3.29. The summed E-state index contributed by atoms with van der Waals surface area (Å²) in [5.41, 5.74) is 2.26. The zero-order valence-corrected chi connectivity index (χ0v) is 16.4. The molecule has 0 aliphatic rings. The first-order chi connectivity index (χ1) is 14.5. The zero-order valence-electron chi connectivity index (χ0n) is 16.4. The monoisotopic (exact) mass is 395 g/mol. The highest BCUT2D eigenvalue weighted by atomic mass is 16.5. The number of hydrogen-bond acceptors (Lipinski definition) is 5. The van der Waals surface area contributed by atoms with Gasteiger partial charge in [-0.05, 0) is 73.2 Å². The minimum absolute atomic E-state index is 0.0405. The van der Waals surface area contributed by atoms with Gasteiger partial charge in [-0.15, -0.1) is 0 Å². The average molecular weight is 395 g/mol. The van der Waals surface area contributed by atoms with Crippen molar-refractivity contribution in [1.29, 1.82) is 5.26 Å². The van der Waals surface area contributed by atoms with Gasteiger partial charge in [0.15, 0.2) is 0 Å². The van der Waals surface area contributed by atoms with Crippen LogP contribution in [0.4, 0.5) is 0 Å². The SMILES string of the molecule is COc1ccc(-c2oc3cc(C)ccc3c(=O)c2C(=O)c2ccc(C#N)cc2)cc1. The van der Waals surface area contributed by atoms with Gasteiger partial charge in [-0.2, -0.15) is 5.26 Å². The summed E-state index contributed by atoms with van der Waals surface area (Å²) in [5.74, 6) is 0.398. The number of rotatable bonds is 4. The van der Waals surface area contributed by atoms with Crippen molar-refractivity contribution in [2.75, 3.05) is 7.11 Å². The topological polar surface area (TPSA) is 80.3 Å². The van der Waals surface area contributed by atoms with E-state index in [0.29, 0.717) is 33.4 Å². The molecule has 1 heterocycles. The van der Waals surface area contributed by atoms with Crippen molar-refractivity contribution in [1.82, 2.24) is 0 Å². The third-order valence-corrected chi connectivity index (χ3v) is 4.90. The Morgan fingerprint density at radius 2 is 1.70 bits per heavy atom. The molecule has 30 heavy (non-hydrogen) atoms. The number of aryl methyl sites for hydroxylation is 1. The number of methoxy groups -OCH3 is 1. The van der Waals surface area contributed by atoms with E-state index in [-0.39, 0.29) is 11.3 Å². The molecule has 3 aromatic carbocycles. The number of benzene rings is 3. The van der Waals surface area contributed by atoms with Crippen LogP contribution in [0.2, 0.25) is 0 Å². The number of carbonyl (C=O) groups is 1. The minimum atomic E-state index is -0.457. The number of nitrogens with zero attached hydrogens (tertiary/aromatic N) is 1. The van der Waals surface area contributed by atoms with Gasteiger partial charge >= 0.3 is 0 Å². The van der Waals surface area contributed by atoms with Gasteiger partial charge in [0.1, 0.15) is 22.7 Å². The lowest BCUT2D eigenvalue weighted by Gasteiger charge is -2.11. The zero-order chi connectivity index (χ0) is 21.3. The Kier molecular flexibility index (Phi) is 4.91. The van der Waals surface area contributed by atoms with E-state index in [2.05, 4.69) is 0 Å². The Morgan fingerprint density at radius 3 is 2.33 bits per heavy atom. The van der Waals surface area contributed by atoms with Gasteiger partial charge < -0.3 is 9.15 Å². The molecule has 5 heteroatoms. The molecular formula is C25H17NO4. The van der Waals surface area contributed by atoms with Crippen LogP contribution in [-0.2, 0) is 0 Å². The Labute approximate surface area is 172 Å². The fraction of sp³-hybridized carbons (Fsp3) is 0.0800. The molecule has 0 aliphatic heterocycles. The third kappa shape index (κ3) is 3.36. The molecule has 4 rings (SSSR count). The fourth-order valence-corrected chi connectivity index (χ4v) is 3.29. The average Bonchev–Trinajstić information content (AvgIpc) is 2.78. The first-order valence-corrected chi connectivity index (χ1v) is 9.28. The minimum Gasteiger partial charge on any atom is -0.497 e. The molecule has 0 spiro atoms. The standard InChI is InChI=1S/C25H17NO4/c1-15-3-12-20-21(13-15)30-25(18-8-10-19(29-2)11-9-18)22(24(20)28)23(27)17-6-4-16(14-26)5-7-17/h3-13H,1-2H3. The largest absolute Gasteiger partial charge is 0.497 e. The van der Waals surface area contributed by atoms with Gasteiger partial charge in [-0.1, -0.05) is 6.07 Å². The van der Waals surface area contributed by atoms with Crippen LogP contribution < -0.4 is 10.2 Å². The van der Waals surface area contributed by atoms with Crippen molar-refractivity contribution >= 4 is 16.8 Å². The molecule has 4 aromatic rings. The molecule has 1 aromatic heterocycles. The molecule has 146 valence electrons. The predicted molar refractivity (Wildman–Crippen MR) is 114 cm³/mol. The molecule has 0 fully saturated rings. The number of nitriles is 1. The maximum Gasteiger partial charge on any atom is 0.204 e. The van der Waals surface area contributed by atoms with E-state index in [0.717, 1.165) is 5.56 Å². The second-order valence-corrected chi connectivity index (χ2v) is 6.88. The molecule has 0 bridgehead atoms. The lowest BCUT2D eigenvalue weighted by atomic mass is 9.96. The number of carbonyl (C=O) groups excluding carboxylic acids is 1. The van der Waals surface area contributed by atoms with Gasteiger partial charge in [0.25, 0.3) is 0 Å². The Balaban J connectivity index is 1.98. The highest BCUT2D eigenvalue weighted by Crippen LogP contribution is 2.29. The quantitative estimate of drug-likeness (QED) is 0.460. The molecule has 0 aliphatic carbocycles. The molecule has 0 amide bonds. The van der Waals surface area contributed by atoms with E-state index in [1.54, 1.807) is 55.6 Å². The molecule has 0 saturated carbocycles. The van der Waals surface area contributed by atoms with E-state index in [1.165, 1.54) is 12.1 Å².